The Morgan fingerprint density at radius 2 is 1.52 bits per heavy atom. The number of rotatable bonds is 8. The monoisotopic (exact) mass is 361 g/mol. The van der Waals surface area contributed by atoms with Crippen LogP contribution in [0.15, 0.2) is 78.9 Å². The van der Waals surface area contributed by atoms with Crippen molar-refractivity contribution >= 4 is 5.91 Å². The van der Waals surface area contributed by atoms with E-state index in [1.807, 2.05) is 66.7 Å². The van der Waals surface area contributed by atoms with Crippen molar-refractivity contribution in [3.05, 3.63) is 95.6 Å². The Bertz CT molecular complexity index is 878. The predicted octanol–water partition coefficient (Wildman–Crippen LogP) is 4.22. The second-order valence-corrected chi connectivity index (χ2v) is 6.29. The molecular weight excluding hydrogens is 338 g/mol. The molecule has 0 spiro atoms. The number of aromatic hydroxyl groups is 1. The van der Waals surface area contributed by atoms with Crippen LogP contribution in [0.3, 0.4) is 0 Å². The van der Waals surface area contributed by atoms with Crippen LogP contribution in [0.2, 0.25) is 0 Å². The summed E-state index contributed by atoms with van der Waals surface area (Å²) >= 11 is 0. The summed E-state index contributed by atoms with van der Waals surface area (Å²) in [7, 11) is 0. The molecule has 27 heavy (non-hydrogen) atoms. The van der Waals surface area contributed by atoms with Gasteiger partial charge < -0.3 is 15.2 Å². The van der Waals surface area contributed by atoms with E-state index in [4.69, 9.17) is 4.74 Å². The van der Waals surface area contributed by atoms with E-state index >= 15 is 0 Å². The second-order valence-electron chi connectivity index (χ2n) is 6.29. The SMILES string of the molecule is O=C(CCc1ccccc1O)NCc1ccccc1OCc1ccccc1. The van der Waals surface area contributed by atoms with Crippen LogP contribution in [-0.4, -0.2) is 11.0 Å². The molecule has 138 valence electrons. The number of para-hydroxylation sites is 2. The van der Waals surface area contributed by atoms with Crippen LogP contribution in [0.1, 0.15) is 23.1 Å². The van der Waals surface area contributed by atoms with Crippen molar-refractivity contribution in [3.63, 3.8) is 0 Å². The van der Waals surface area contributed by atoms with Crippen LogP contribution in [0, 0.1) is 0 Å². The Labute approximate surface area is 159 Å². The molecule has 3 aromatic rings. The third-order valence-electron chi connectivity index (χ3n) is 4.30. The molecule has 2 N–H and O–H groups in total. The lowest BCUT2D eigenvalue weighted by Crippen LogP contribution is -2.23. The van der Waals surface area contributed by atoms with Crippen molar-refractivity contribution in [1.29, 1.82) is 0 Å². The molecule has 3 rings (SSSR count). The molecule has 1 amide bonds. The first-order chi connectivity index (χ1) is 13.2. The fourth-order valence-electron chi connectivity index (χ4n) is 2.78. The van der Waals surface area contributed by atoms with Gasteiger partial charge >= 0.3 is 0 Å². The molecule has 0 unspecified atom stereocenters. The highest BCUT2D eigenvalue weighted by molar-refractivity contribution is 5.76. The highest BCUT2D eigenvalue weighted by Crippen LogP contribution is 2.20. The molecule has 0 aliphatic carbocycles. The minimum absolute atomic E-state index is 0.0592. The zero-order valence-electron chi connectivity index (χ0n) is 15.1. The Morgan fingerprint density at radius 1 is 0.852 bits per heavy atom. The molecule has 0 bridgehead atoms. The number of benzene rings is 3. The zero-order valence-corrected chi connectivity index (χ0v) is 15.1. The minimum Gasteiger partial charge on any atom is -0.508 e. The first kappa shape index (κ1) is 18.5. The number of aryl methyl sites for hydroxylation is 1. The van der Waals surface area contributed by atoms with Crippen LogP contribution < -0.4 is 10.1 Å². The van der Waals surface area contributed by atoms with Gasteiger partial charge in [0.2, 0.25) is 5.91 Å². The third kappa shape index (κ3) is 5.61. The van der Waals surface area contributed by atoms with E-state index in [9.17, 15) is 9.90 Å². The van der Waals surface area contributed by atoms with Crippen molar-refractivity contribution < 1.29 is 14.6 Å². The van der Waals surface area contributed by atoms with Crippen molar-refractivity contribution in [2.24, 2.45) is 0 Å². The van der Waals surface area contributed by atoms with Gasteiger partial charge in [0, 0.05) is 18.5 Å². The molecular formula is C23H23NO3. The molecule has 0 saturated carbocycles. The number of phenols is 1. The third-order valence-corrected chi connectivity index (χ3v) is 4.30. The number of carbonyl (C=O) groups excluding carboxylic acids is 1. The van der Waals surface area contributed by atoms with Gasteiger partial charge in [0.25, 0.3) is 0 Å². The van der Waals surface area contributed by atoms with E-state index in [0.29, 0.717) is 26.0 Å². The lowest BCUT2D eigenvalue weighted by Gasteiger charge is -2.12. The van der Waals surface area contributed by atoms with Crippen LogP contribution in [0.4, 0.5) is 0 Å². The summed E-state index contributed by atoms with van der Waals surface area (Å²) in [6.07, 6.45) is 0.829. The first-order valence-electron chi connectivity index (χ1n) is 9.00. The summed E-state index contributed by atoms with van der Waals surface area (Å²) in [5.41, 5.74) is 2.81. The summed E-state index contributed by atoms with van der Waals surface area (Å²) in [6.45, 7) is 0.893. The molecule has 3 aromatic carbocycles. The van der Waals surface area contributed by atoms with Gasteiger partial charge in [0.05, 0.1) is 0 Å². The minimum atomic E-state index is -0.0592. The van der Waals surface area contributed by atoms with E-state index < -0.39 is 0 Å². The molecule has 4 nitrogen and oxygen atoms in total. The molecule has 0 atom stereocenters. The Morgan fingerprint density at radius 3 is 2.30 bits per heavy atom. The Balaban J connectivity index is 1.51. The lowest BCUT2D eigenvalue weighted by molar-refractivity contribution is -0.121. The molecule has 0 fully saturated rings. The lowest BCUT2D eigenvalue weighted by atomic mass is 10.1. The largest absolute Gasteiger partial charge is 0.508 e. The van der Waals surface area contributed by atoms with Gasteiger partial charge in [-0.15, -0.1) is 0 Å². The number of nitrogens with one attached hydrogen (secondary N) is 1. The summed E-state index contributed by atoms with van der Waals surface area (Å²) in [5.74, 6) is 0.934. The molecule has 0 aromatic heterocycles. The van der Waals surface area contributed by atoms with E-state index in [0.717, 1.165) is 22.4 Å². The van der Waals surface area contributed by atoms with Gasteiger partial charge in [0.1, 0.15) is 18.1 Å². The van der Waals surface area contributed by atoms with Gasteiger partial charge in [-0.2, -0.15) is 0 Å². The van der Waals surface area contributed by atoms with Crippen molar-refractivity contribution in [3.8, 4) is 11.5 Å². The number of carbonyl (C=O) groups is 1. The normalized spacial score (nSPS) is 10.4. The Hall–Kier alpha value is -3.27. The number of hydrogen-bond donors (Lipinski definition) is 2. The van der Waals surface area contributed by atoms with E-state index in [2.05, 4.69) is 5.32 Å². The number of phenolic OH excluding ortho intramolecular Hbond substituents is 1. The first-order valence-corrected chi connectivity index (χ1v) is 9.00. The molecule has 0 heterocycles. The molecule has 0 aliphatic rings. The smallest absolute Gasteiger partial charge is 0.220 e. The van der Waals surface area contributed by atoms with Crippen molar-refractivity contribution in [1.82, 2.24) is 5.32 Å². The molecule has 0 radical (unpaired) electrons. The summed E-state index contributed by atoms with van der Waals surface area (Å²) in [4.78, 5) is 12.2. The van der Waals surface area contributed by atoms with Gasteiger partial charge in [-0.3, -0.25) is 4.79 Å². The van der Waals surface area contributed by atoms with Crippen LogP contribution in [0.25, 0.3) is 0 Å². The summed E-state index contributed by atoms with van der Waals surface area (Å²) < 4.78 is 5.92. The van der Waals surface area contributed by atoms with Crippen LogP contribution in [-0.2, 0) is 24.4 Å². The maximum absolute atomic E-state index is 12.2. The van der Waals surface area contributed by atoms with Crippen molar-refractivity contribution in [2.45, 2.75) is 26.0 Å². The van der Waals surface area contributed by atoms with Crippen LogP contribution in [0.5, 0.6) is 11.5 Å². The Kier molecular flexibility index (Phi) is 6.47. The highest BCUT2D eigenvalue weighted by Gasteiger charge is 2.08. The van der Waals surface area contributed by atoms with Gasteiger partial charge in [0.15, 0.2) is 0 Å². The summed E-state index contributed by atoms with van der Waals surface area (Å²) in [6, 6.07) is 24.8. The molecule has 0 aliphatic heterocycles. The second kappa shape index (κ2) is 9.43. The number of amides is 1. The van der Waals surface area contributed by atoms with Crippen molar-refractivity contribution in [2.75, 3.05) is 0 Å². The maximum atomic E-state index is 12.2. The van der Waals surface area contributed by atoms with Gasteiger partial charge in [-0.05, 0) is 29.7 Å². The average molecular weight is 361 g/mol. The van der Waals surface area contributed by atoms with E-state index in [-0.39, 0.29) is 11.7 Å². The average Bonchev–Trinajstić information content (AvgIpc) is 2.71. The highest BCUT2D eigenvalue weighted by atomic mass is 16.5. The van der Waals surface area contributed by atoms with E-state index in [1.54, 1.807) is 12.1 Å². The quantitative estimate of drug-likeness (QED) is 0.631. The van der Waals surface area contributed by atoms with Gasteiger partial charge in [-0.1, -0.05) is 66.7 Å². The summed E-state index contributed by atoms with van der Waals surface area (Å²) in [5, 5.41) is 12.7. The number of hydrogen-bond acceptors (Lipinski definition) is 3. The fraction of sp³-hybridized carbons (Fsp3) is 0.174. The standard InChI is InChI=1S/C23H23NO3/c25-21-12-6-4-10-19(21)14-15-23(26)24-16-20-11-5-7-13-22(20)27-17-18-8-2-1-3-9-18/h1-13,25H,14-17H2,(H,24,26). The van der Waals surface area contributed by atoms with E-state index in [1.165, 1.54) is 0 Å². The zero-order chi connectivity index (χ0) is 18.9. The topological polar surface area (TPSA) is 58.6 Å². The number of ether oxygens (including phenoxy) is 1. The maximum Gasteiger partial charge on any atom is 0.220 e. The fourth-order valence-corrected chi connectivity index (χ4v) is 2.78. The molecule has 4 heteroatoms. The van der Waals surface area contributed by atoms with Crippen LogP contribution >= 0.6 is 0 Å². The van der Waals surface area contributed by atoms with Gasteiger partial charge in [-0.25, -0.2) is 0 Å². The predicted molar refractivity (Wildman–Crippen MR) is 105 cm³/mol. The molecule has 0 saturated heterocycles.